The van der Waals surface area contributed by atoms with Crippen LogP contribution in [0.5, 0.6) is 0 Å². The number of aliphatic hydroxyl groups is 1. The van der Waals surface area contributed by atoms with Crippen molar-refractivity contribution in [1.82, 2.24) is 15.0 Å². The molecule has 11 heteroatoms. The van der Waals surface area contributed by atoms with E-state index in [0.717, 1.165) is 28.3 Å². The number of hydrogen-bond acceptors (Lipinski definition) is 7. The zero-order valence-corrected chi connectivity index (χ0v) is 17.8. The SMILES string of the molecule is Cc1cc(Nc2nccc(C(F)(F)F)n2)cc(-c2cnc(C3(O)CC[C@H](C(N)=O)C3)s2)c1. The highest BCUT2D eigenvalue weighted by atomic mass is 32.1. The average Bonchev–Trinajstić information content (AvgIpc) is 3.35. The molecule has 0 spiro atoms. The van der Waals surface area contributed by atoms with E-state index in [4.69, 9.17) is 5.73 Å². The Morgan fingerprint density at radius 1 is 1.31 bits per heavy atom. The topological polar surface area (TPSA) is 114 Å². The average molecular weight is 463 g/mol. The first-order chi connectivity index (χ1) is 15.0. The van der Waals surface area contributed by atoms with Gasteiger partial charge in [0.2, 0.25) is 11.9 Å². The van der Waals surface area contributed by atoms with Gasteiger partial charge in [-0.15, -0.1) is 11.3 Å². The lowest BCUT2D eigenvalue weighted by molar-refractivity contribution is -0.141. The standard InChI is InChI=1S/C21H20F3N5O2S/c1-11-6-13(8-14(7-11)28-19-26-5-3-16(29-19)21(22,23)24)15-10-27-18(32-15)20(31)4-2-12(9-20)17(25)30/h3,5-8,10,12,31H,2,4,9H2,1H3,(H2,25,30)(H,26,28,29)/t12-,20?/m0/s1. The summed E-state index contributed by atoms with van der Waals surface area (Å²) in [5.41, 5.74) is 5.30. The molecule has 3 aromatic rings. The van der Waals surface area contributed by atoms with Crippen molar-refractivity contribution in [2.75, 3.05) is 5.32 Å². The van der Waals surface area contributed by atoms with Crippen molar-refractivity contribution < 1.29 is 23.1 Å². The number of halogens is 3. The summed E-state index contributed by atoms with van der Waals surface area (Å²) in [6.07, 6.45) is -0.731. The highest BCUT2D eigenvalue weighted by molar-refractivity contribution is 7.15. The van der Waals surface area contributed by atoms with Crippen molar-refractivity contribution in [2.24, 2.45) is 11.7 Å². The molecule has 1 fully saturated rings. The van der Waals surface area contributed by atoms with E-state index in [9.17, 15) is 23.1 Å². The van der Waals surface area contributed by atoms with Crippen molar-refractivity contribution in [3.63, 3.8) is 0 Å². The van der Waals surface area contributed by atoms with Crippen LogP contribution in [0.15, 0.2) is 36.7 Å². The molecule has 2 atom stereocenters. The molecule has 0 aliphatic heterocycles. The number of amides is 1. The minimum absolute atomic E-state index is 0.167. The smallest absolute Gasteiger partial charge is 0.383 e. The molecule has 32 heavy (non-hydrogen) atoms. The van der Waals surface area contributed by atoms with Crippen LogP contribution in [-0.4, -0.2) is 26.0 Å². The van der Waals surface area contributed by atoms with Crippen molar-refractivity contribution >= 4 is 28.9 Å². The second kappa shape index (κ2) is 8.14. The van der Waals surface area contributed by atoms with Crippen molar-refractivity contribution in [3.05, 3.63) is 52.9 Å². The Balaban J connectivity index is 1.59. The fourth-order valence-electron chi connectivity index (χ4n) is 3.79. The normalized spacial score (nSPS) is 21.0. The lowest BCUT2D eigenvalue weighted by atomic mass is 10.0. The van der Waals surface area contributed by atoms with E-state index in [1.807, 2.05) is 13.0 Å². The van der Waals surface area contributed by atoms with E-state index in [-0.39, 0.29) is 18.3 Å². The summed E-state index contributed by atoms with van der Waals surface area (Å²) in [7, 11) is 0. The number of carbonyl (C=O) groups is 1. The predicted molar refractivity (Wildman–Crippen MR) is 113 cm³/mol. The predicted octanol–water partition coefficient (Wildman–Crippen LogP) is 4.14. The second-order valence-electron chi connectivity index (χ2n) is 7.88. The van der Waals surface area contributed by atoms with Crippen molar-refractivity contribution in [2.45, 2.75) is 38.0 Å². The zero-order chi connectivity index (χ0) is 23.1. The van der Waals surface area contributed by atoms with Gasteiger partial charge in [0.15, 0.2) is 0 Å². The first-order valence-corrected chi connectivity index (χ1v) is 10.6. The molecule has 0 saturated heterocycles. The van der Waals surface area contributed by atoms with Gasteiger partial charge in [-0.3, -0.25) is 4.79 Å². The molecule has 0 bridgehead atoms. The van der Waals surface area contributed by atoms with Crippen LogP contribution in [0.4, 0.5) is 24.8 Å². The minimum Gasteiger partial charge on any atom is -0.383 e. The van der Waals surface area contributed by atoms with Gasteiger partial charge in [-0.2, -0.15) is 13.2 Å². The van der Waals surface area contributed by atoms with Crippen LogP contribution in [0.2, 0.25) is 0 Å². The van der Waals surface area contributed by atoms with Crippen LogP contribution < -0.4 is 11.1 Å². The molecule has 4 N–H and O–H groups in total. The summed E-state index contributed by atoms with van der Waals surface area (Å²) in [6.45, 7) is 1.85. The summed E-state index contributed by atoms with van der Waals surface area (Å²) in [5.74, 6) is -0.974. The first kappa shape index (κ1) is 22.2. The molecule has 7 nitrogen and oxygen atoms in total. The number of nitrogens with one attached hydrogen (secondary N) is 1. The van der Waals surface area contributed by atoms with E-state index >= 15 is 0 Å². The Bertz CT molecular complexity index is 1170. The van der Waals surface area contributed by atoms with Crippen LogP contribution >= 0.6 is 11.3 Å². The molecule has 168 valence electrons. The number of primary amides is 1. The monoisotopic (exact) mass is 463 g/mol. The fraction of sp³-hybridized carbons (Fsp3) is 0.333. The number of benzene rings is 1. The number of aryl methyl sites for hydroxylation is 1. The Hall–Kier alpha value is -3.05. The van der Waals surface area contributed by atoms with Gasteiger partial charge in [0, 0.05) is 24.0 Å². The van der Waals surface area contributed by atoms with Crippen LogP contribution in [0.1, 0.15) is 35.5 Å². The number of carbonyl (C=O) groups excluding carboxylic acids is 1. The third-order valence-electron chi connectivity index (χ3n) is 5.36. The fourth-order valence-corrected chi connectivity index (χ4v) is 4.82. The highest BCUT2D eigenvalue weighted by Crippen LogP contribution is 2.45. The van der Waals surface area contributed by atoms with Gasteiger partial charge in [-0.25, -0.2) is 15.0 Å². The van der Waals surface area contributed by atoms with Crippen LogP contribution in [0.3, 0.4) is 0 Å². The minimum atomic E-state index is -4.57. The maximum Gasteiger partial charge on any atom is 0.433 e. The summed E-state index contributed by atoms with van der Waals surface area (Å²) in [6, 6.07) is 6.22. The molecule has 1 amide bonds. The van der Waals surface area contributed by atoms with E-state index in [1.165, 1.54) is 11.3 Å². The zero-order valence-electron chi connectivity index (χ0n) is 17.0. The number of rotatable bonds is 5. The van der Waals surface area contributed by atoms with E-state index < -0.39 is 23.4 Å². The first-order valence-electron chi connectivity index (χ1n) is 9.81. The Labute approximate surface area is 185 Å². The summed E-state index contributed by atoms with van der Waals surface area (Å²) in [5, 5.41) is 14.3. The lowest BCUT2D eigenvalue weighted by Crippen LogP contribution is -2.26. The Morgan fingerprint density at radius 2 is 2.09 bits per heavy atom. The molecule has 2 heterocycles. The maximum absolute atomic E-state index is 12.9. The molecule has 4 rings (SSSR count). The van der Waals surface area contributed by atoms with Gasteiger partial charge in [0.25, 0.3) is 0 Å². The van der Waals surface area contributed by atoms with Gasteiger partial charge >= 0.3 is 6.18 Å². The number of alkyl halides is 3. The number of hydrogen-bond donors (Lipinski definition) is 3. The quantitative estimate of drug-likeness (QED) is 0.524. The molecule has 0 radical (unpaired) electrons. The highest BCUT2D eigenvalue weighted by Gasteiger charge is 2.43. The Kier molecular flexibility index (Phi) is 5.63. The second-order valence-corrected chi connectivity index (χ2v) is 8.91. The molecule has 1 aromatic carbocycles. The molecule has 1 aliphatic carbocycles. The number of aromatic nitrogens is 3. The number of thiazole rings is 1. The van der Waals surface area contributed by atoms with Crippen molar-refractivity contribution in [3.8, 4) is 10.4 Å². The number of nitrogens with zero attached hydrogens (tertiary/aromatic N) is 3. The molecule has 1 unspecified atom stereocenters. The summed E-state index contributed by atoms with van der Waals surface area (Å²) in [4.78, 5) is 24.0. The molecule has 2 aromatic heterocycles. The molecule has 1 saturated carbocycles. The van der Waals surface area contributed by atoms with E-state index in [2.05, 4.69) is 20.3 Å². The largest absolute Gasteiger partial charge is 0.433 e. The Morgan fingerprint density at radius 3 is 2.78 bits per heavy atom. The van der Waals surface area contributed by atoms with Crippen LogP contribution in [0, 0.1) is 12.8 Å². The molecular formula is C21H20F3N5O2S. The van der Waals surface area contributed by atoms with Crippen molar-refractivity contribution in [1.29, 1.82) is 0 Å². The lowest BCUT2D eigenvalue weighted by Gasteiger charge is -2.19. The van der Waals surface area contributed by atoms with Gasteiger partial charge in [-0.1, -0.05) is 6.07 Å². The maximum atomic E-state index is 12.9. The van der Waals surface area contributed by atoms with Crippen LogP contribution in [-0.2, 0) is 16.6 Å². The molecular weight excluding hydrogens is 443 g/mol. The van der Waals surface area contributed by atoms with Crippen LogP contribution in [0.25, 0.3) is 10.4 Å². The number of nitrogens with two attached hydrogens (primary N) is 1. The van der Waals surface area contributed by atoms with Gasteiger partial charge in [0.05, 0.1) is 4.88 Å². The van der Waals surface area contributed by atoms with Gasteiger partial charge in [0.1, 0.15) is 16.3 Å². The van der Waals surface area contributed by atoms with Gasteiger partial charge in [-0.05, 0) is 55.5 Å². The number of anilines is 2. The summed E-state index contributed by atoms with van der Waals surface area (Å²) >= 11 is 1.30. The summed E-state index contributed by atoms with van der Waals surface area (Å²) < 4.78 is 38.7. The van der Waals surface area contributed by atoms with E-state index in [1.54, 1.807) is 18.3 Å². The third-order valence-corrected chi connectivity index (χ3v) is 6.60. The van der Waals surface area contributed by atoms with E-state index in [0.29, 0.717) is 23.5 Å². The van der Waals surface area contributed by atoms with Gasteiger partial charge < -0.3 is 16.2 Å². The third kappa shape index (κ3) is 4.58. The molecule has 1 aliphatic rings.